The van der Waals surface area contributed by atoms with E-state index in [9.17, 15) is 9.59 Å². The number of ether oxygens (including phenoxy) is 4. The van der Waals surface area contributed by atoms with Crippen LogP contribution < -0.4 is 4.74 Å². The number of esters is 1. The number of hydrogen-bond acceptors (Lipinski definition) is 10. The first-order chi connectivity index (χ1) is 23.0. The van der Waals surface area contributed by atoms with Gasteiger partial charge in [-0.3, -0.25) is 4.57 Å². The third kappa shape index (κ3) is 6.96. The number of carbonyl (C=O) groups excluding carboxylic acids is 2. The second-order valence-corrected chi connectivity index (χ2v) is 11.3. The Morgan fingerprint density at radius 2 is 1.68 bits per heavy atom. The fourth-order valence-corrected chi connectivity index (χ4v) is 5.98. The Labute approximate surface area is 272 Å². The number of rotatable bonds is 11. The molecule has 2 aromatic heterocycles. The van der Waals surface area contributed by atoms with Crippen LogP contribution in [0.25, 0.3) is 33.5 Å². The van der Waals surface area contributed by atoms with Crippen LogP contribution in [0.2, 0.25) is 0 Å². The fourth-order valence-electron chi connectivity index (χ4n) is 5.98. The summed E-state index contributed by atoms with van der Waals surface area (Å²) in [4.78, 5) is 30.0. The zero-order valence-electron chi connectivity index (χ0n) is 26.8. The molecule has 0 spiro atoms. The summed E-state index contributed by atoms with van der Waals surface area (Å²) in [6.07, 6.45) is 3.35. The molecule has 1 fully saturated rings. The summed E-state index contributed by atoms with van der Waals surface area (Å²) < 4.78 is 25.7. The van der Waals surface area contributed by atoms with Gasteiger partial charge in [0.05, 0.1) is 36.4 Å². The van der Waals surface area contributed by atoms with Crippen molar-refractivity contribution in [2.24, 2.45) is 0 Å². The maximum Gasteiger partial charge on any atom is 0.510 e. The van der Waals surface area contributed by atoms with E-state index in [0.29, 0.717) is 41.6 Å². The van der Waals surface area contributed by atoms with Gasteiger partial charge in [0.25, 0.3) is 6.01 Å². The highest BCUT2D eigenvalue weighted by atomic mass is 16.7. The lowest BCUT2D eigenvalue weighted by Crippen LogP contribution is -2.24. The lowest BCUT2D eigenvalue weighted by Gasteiger charge is -2.22. The topological polar surface area (TPSA) is 132 Å². The molecule has 2 heterocycles. The van der Waals surface area contributed by atoms with E-state index in [1.165, 1.54) is 4.68 Å². The summed E-state index contributed by atoms with van der Waals surface area (Å²) in [7, 11) is 0. The van der Waals surface area contributed by atoms with E-state index in [1.54, 1.807) is 26.0 Å². The van der Waals surface area contributed by atoms with Crippen molar-refractivity contribution >= 4 is 23.2 Å². The number of hydrogen-bond donors (Lipinski definition) is 0. The summed E-state index contributed by atoms with van der Waals surface area (Å²) in [5.41, 5.74) is 5.36. The molecule has 0 radical (unpaired) electrons. The van der Waals surface area contributed by atoms with Crippen LogP contribution in [0.3, 0.4) is 0 Å². The minimum Gasteiger partial charge on any atom is -0.465 e. The highest BCUT2D eigenvalue weighted by Gasteiger charge is 2.24. The number of fused-ring (bicyclic) bond motifs is 1. The van der Waals surface area contributed by atoms with Gasteiger partial charge in [-0.2, -0.15) is 9.67 Å². The molecular weight excluding hydrogens is 600 g/mol. The smallest absolute Gasteiger partial charge is 0.465 e. The number of nitrogens with zero attached hydrogens (tertiary/aromatic N) is 6. The molecule has 0 aliphatic heterocycles. The van der Waals surface area contributed by atoms with E-state index in [0.717, 1.165) is 54.4 Å². The zero-order chi connectivity index (χ0) is 32.8. The molecule has 0 N–H and O–H groups in total. The predicted molar refractivity (Wildman–Crippen MR) is 174 cm³/mol. The monoisotopic (exact) mass is 638 g/mol. The molecule has 0 amide bonds. The average molecular weight is 639 g/mol. The van der Waals surface area contributed by atoms with E-state index < -0.39 is 18.4 Å². The van der Waals surface area contributed by atoms with Gasteiger partial charge in [-0.25, -0.2) is 9.59 Å². The van der Waals surface area contributed by atoms with Gasteiger partial charge in [0.15, 0.2) is 12.1 Å². The second kappa shape index (κ2) is 14.4. The molecule has 12 nitrogen and oxygen atoms in total. The minimum absolute atomic E-state index is 0.113. The molecule has 0 saturated heterocycles. The Morgan fingerprint density at radius 3 is 2.43 bits per heavy atom. The molecule has 1 saturated carbocycles. The number of carbonyl (C=O) groups is 2. The van der Waals surface area contributed by atoms with Gasteiger partial charge in [0, 0.05) is 5.56 Å². The van der Waals surface area contributed by atoms with Crippen molar-refractivity contribution in [3.05, 3.63) is 77.9 Å². The molecule has 0 unspecified atom stereocenters. The first kappa shape index (κ1) is 31.7. The lowest BCUT2D eigenvalue weighted by atomic mass is 9.98. The van der Waals surface area contributed by atoms with E-state index in [4.69, 9.17) is 18.9 Å². The second-order valence-electron chi connectivity index (χ2n) is 11.3. The molecule has 5 aromatic rings. The number of aromatic nitrogens is 6. The molecule has 0 bridgehead atoms. The van der Waals surface area contributed by atoms with Crippen molar-refractivity contribution in [1.82, 2.24) is 29.8 Å². The van der Waals surface area contributed by atoms with Gasteiger partial charge in [-0.05, 0) is 85.7 Å². The van der Waals surface area contributed by atoms with Gasteiger partial charge in [-0.15, -0.1) is 5.10 Å². The van der Waals surface area contributed by atoms with Crippen molar-refractivity contribution in [3.63, 3.8) is 0 Å². The fraction of sp³-hybridized carbons (Fsp3) is 0.371. The summed E-state index contributed by atoms with van der Waals surface area (Å²) >= 11 is 0. The zero-order valence-corrected chi connectivity index (χ0v) is 26.8. The molecule has 12 heteroatoms. The molecule has 47 heavy (non-hydrogen) atoms. The summed E-state index contributed by atoms with van der Waals surface area (Å²) in [6.45, 7) is 6.52. The highest BCUT2D eigenvalue weighted by molar-refractivity contribution is 6.02. The summed E-state index contributed by atoms with van der Waals surface area (Å²) in [5.74, 6) is 0.0535. The molecule has 244 valence electrons. The van der Waals surface area contributed by atoms with Crippen LogP contribution in [0.15, 0.2) is 66.7 Å². The Bertz CT molecular complexity index is 1840. The maximum atomic E-state index is 12.8. The molecule has 1 aliphatic rings. The van der Waals surface area contributed by atoms with E-state index in [1.807, 2.05) is 66.1 Å². The van der Waals surface area contributed by atoms with Crippen LogP contribution >= 0.6 is 0 Å². The van der Waals surface area contributed by atoms with Crippen LogP contribution in [0, 0.1) is 0 Å². The van der Waals surface area contributed by atoms with E-state index >= 15 is 0 Å². The molecular formula is C35H38N6O6. The van der Waals surface area contributed by atoms with Crippen molar-refractivity contribution in [3.8, 4) is 28.5 Å². The minimum atomic E-state index is -0.782. The maximum absolute atomic E-state index is 12.8. The molecule has 1 aliphatic carbocycles. The van der Waals surface area contributed by atoms with Gasteiger partial charge in [0.2, 0.25) is 0 Å². The van der Waals surface area contributed by atoms with Crippen molar-refractivity contribution in [2.45, 2.75) is 71.8 Å². The molecule has 3 aromatic carbocycles. The van der Waals surface area contributed by atoms with Gasteiger partial charge < -0.3 is 18.9 Å². The quantitative estimate of drug-likeness (QED) is 0.140. The van der Waals surface area contributed by atoms with Gasteiger partial charge in [0.1, 0.15) is 6.10 Å². The van der Waals surface area contributed by atoms with Crippen LogP contribution in [0.1, 0.15) is 75.0 Å². The normalized spacial score (nSPS) is 14.1. The van der Waals surface area contributed by atoms with Crippen molar-refractivity contribution in [1.29, 1.82) is 0 Å². The lowest BCUT2D eigenvalue weighted by molar-refractivity contribution is -0.0284. The van der Waals surface area contributed by atoms with Crippen LogP contribution in [0.4, 0.5) is 4.79 Å². The SMILES string of the molecule is CCOC(=O)c1cccc2nc(OCC)n(Cc3ccc(-c4ccccc4-c4nnnn4[C@H](C)OC(=O)OC4CCCCC4)cc3)c12. The average Bonchev–Trinajstić information content (AvgIpc) is 3.71. The third-order valence-electron chi connectivity index (χ3n) is 8.19. The van der Waals surface area contributed by atoms with Crippen molar-refractivity contribution < 1.29 is 28.5 Å². The number of benzene rings is 3. The predicted octanol–water partition coefficient (Wildman–Crippen LogP) is 6.98. The number of para-hydroxylation sites is 1. The van der Waals surface area contributed by atoms with E-state index in [2.05, 4.69) is 20.5 Å². The Kier molecular flexibility index (Phi) is 9.75. The number of tetrazole rings is 1. The van der Waals surface area contributed by atoms with Crippen LogP contribution in [-0.2, 0) is 20.8 Å². The largest absolute Gasteiger partial charge is 0.510 e. The Morgan fingerprint density at radius 1 is 0.915 bits per heavy atom. The standard InChI is InChI=1S/C35H38N6O6/c1-4-44-33(42)29-16-11-17-30-31(29)40(34(36-30)45-5-2)22-24-18-20-25(21-19-24)27-14-9-10-15-28(27)32-37-38-39-41(32)23(3)46-35(43)47-26-12-7-6-8-13-26/h9-11,14-21,23,26H,4-8,12-13,22H2,1-3H3/t23-/m0/s1. The first-order valence-electron chi connectivity index (χ1n) is 16.1. The molecule has 6 rings (SSSR count). The summed E-state index contributed by atoms with van der Waals surface area (Å²) in [5, 5.41) is 12.3. The summed E-state index contributed by atoms with van der Waals surface area (Å²) in [6, 6.07) is 21.7. The van der Waals surface area contributed by atoms with Gasteiger partial charge in [-0.1, -0.05) is 61.0 Å². The first-order valence-corrected chi connectivity index (χ1v) is 16.1. The highest BCUT2D eigenvalue weighted by Crippen LogP contribution is 2.33. The third-order valence-corrected chi connectivity index (χ3v) is 8.19. The van der Waals surface area contributed by atoms with E-state index in [-0.39, 0.29) is 12.7 Å². The van der Waals surface area contributed by atoms with Crippen LogP contribution in [0.5, 0.6) is 6.01 Å². The Hall–Kier alpha value is -5.26. The van der Waals surface area contributed by atoms with Crippen LogP contribution in [-0.4, -0.2) is 61.2 Å². The van der Waals surface area contributed by atoms with Crippen molar-refractivity contribution in [2.75, 3.05) is 13.2 Å². The van der Waals surface area contributed by atoms with Gasteiger partial charge >= 0.3 is 12.1 Å². The Balaban J connectivity index is 1.25. The molecule has 1 atom stereocenters. The number of imidazole rings is 1.